The average molecular weight is 194 g/mol. The Morgan fingerprint density at radius 1 is 1.21 bits per heavy atom. The summed E-state index contributed by atoms with van der Waals surface area (Å²) in [6.45, 7) is 3.88. The van der Waals surface area contributed by atoms with Gasteiger partial charge in [-0.15, -0.1) is 0 Å². The molecule has 14 heavy (non-hydrogen) atoms. The Kier molecular flexibility index (Phi) is 3.96. The van der Waals surface area contributed by atoms with E-state index >= 15 is 0 Å². The van der Waals surface area contributed by atoms with Gasteiger partial charge in [0.2, 0.25) is 0 Å². The van der Waals surface area contributed by atoms with E-state index < -0.39 is 0 Å². The van der Waals surface area contributed by atoms with Crippen LogP contribution >= 0.6 is 0 Å². The SMILES string of the molecule is COc1ccc(C[C@H](C)[C@@H](C)O)cc1. The van der Waals surface area contributed by atoms with Gasteiger partial charge in [0.15, 0.2) is 0 Å². The number of benzene rings is 1. The van der Waals surface area contributed by atoms with Crippen molar-refractivity contribution in [3.8, 4) is 5.75 Å². The zero-order valence-corrected chi connectivity index (χ0v) is 9.03. The summed E-state index contributed by atoms with van der Waals surface area (Å²) in [4.78, 5) is 0. The summed E-state index contributed by atoms with van der Waals surface area (Å²) in [7, 11) is 1.66. The largest absolute Gasteiger partial charge is 0.497 e. The standard InChI is InChI=1S/C12H18O2/c1-9(10(2)13)8-11-4-6-12(14-3)7-5-11/h4-7,9-10,13H,8H2,1-3H3/t9-,10+/m0/s1. The Bertz CT molecular complexity index is 264. The maximum atomic E-state index is 9.36. The first-order valence-corrected chi connectivity index (χ1v) is 4.94. The van der Waals surface area contributed by atoms with Gasteiger partial charge in [-0.1, -0.05) is 19.1 Å². The number of hydrogen-bond donors (Lipinski definition) is 1. The van der Waals surface area contributed by atoms with E-state index in [0.29, 0.717) is 5.92 Å². The highest BCUT2D eigenvalue weighted by atomic mass is 16.5. The van der Waals surface area contributed by atoms with Gasteiger partial charge in [0.1, 0.15) is 5.75 Å². The second-order valence-corrected chi connectivity index (χ2v) is 3.77. The molecule has 0 bridgehead atoms. The van der Waals surface area contributed by atoms with Gasteiger partial charge in [0, 0.05) is 0 Å². The molecule has 1 aromatic rings. The molecule has 0 unspecified atom stereocenters. The van der Waals surface area contributed by atoms with Crippen molar-refractivity contribution in [1.82, 2.24) is 0 Å². The van der Waals surface area contributed by atoms with Crippen LogP contribution in [0.5, 0.6) is 5.75 Å². The summed E-state index contributed by atoms with van der Waals surface area (Å²) >= 11 is 0. The smallest absolute Gasteiger partial charge is 0.118 e. The molecule has 78 valence electrons. The molecular weight excluding hydrogens is 176 g/mol. The Morgan fingerprint density at radius 2 is 1.79 bits per heavy atom. The molecule has 2 atom stereocenters. The maximum absolute atomic E-state index is 9.36. The van der Waals surface area contributed by atoms with Gasteiger partial charge in [-0.3, -0.25) is 0 Å². The minimum atomic E-state index is -0.253. The van der Waals surface area contributed by atoms with Crippen molar-refractivity contribution in [2.45, 2.75) is 26.4 Å². The Hall–Kier alpha value is -1.02. The van der Waals surface area contributed by atoms with E-state index in [9.17, 15) is 5.11 Å². The molecule has 0 heterocycles. The van der Waals surface area contributed by atoms with Crippen LogP contribution in [0.25, 0.3) is 0 Å². The summed E-state index contributed by atoms with van der Waals surface area (Å²) < 4.78 is 5.07. The molecular formula is C12H18O2. The van der Waals surface area contributed by atoms with E-state index in [0.717, 1.165) is 12.2 Å². The van der Waals surface area contributed by atoms with Gasteiger partial charge < -0.3 is 9.84 Å². The molecule has 0 fully saturated rings. The van der Waals surface area contributed by atoms with Crippen molar-refractivity contribution in [3.05, 3.63) is 29.8 Å². The van der Waals surface area contributed by atoms with Gasteiger partial charge in [0.25, 0.3) is 0 Å². The van der Waals surface area contributed by atoms with Crippen LogP contribution in [0.15, 0.2) is 24.3 Å². The number of rotatable bonds is 4. The predicted octanol–water partition coefficient (Wildman–Crippen LogP) is 2.25. The van der Waals surface area contributed by atoms with Crippen LogP contribution in [-0.4, -0.2) is 18.3 Å². The van der Waals surface area contributed by atoms with E-state index in [1.165, 1.54) is 5.56 Å². The lowest BCUT2D eigenvalue weighted by Gasteiger charge is -2.14. The topological polar surface area (TPSA) is 29.5 Å². The minimum absolute atomic E-state index is 0.253. The fraction of sp³-hybridized carbons (Fsp3) is 0.500. The second kappa shape index (κ2) is 5.01. The maximum Gasteiger partial charge on any atom is 0.118 e. The molecule has 0 amide bonds. The summed E-state index contributed by atoms with van der Waals surface area (Å²) in [5, 5.41) is 9.36. The van der Waals surface area contributed by atoms with E-state index in [4.69, 9.17) is 4.74 Å². The summed E-state index contributed by atoms with van der Waals surface area (Å²) in [5.41, 5.74) is 1.24. The van der Waals surface area contributed by atoms with Crippen molar-refractivity contribution < 1.29 is 9.84 Å². The molecule has 1 rings (SSSR count). The third-order valence-electron chi connectivity index (χ3n) is 2.54. The number of methoxy groups -OCH3 is 1. The first-order valence-electron chi connectivity index (χ1n) is 4.94. The third-order valence-corrected chi connectivity index (χ3v) is 2.54. The molecule has 0 radical (unpaired) electrons. The highest BCUT2D eigenvalue weighted by Gasteiger charge is 2.09. The van der Waals surface area contributed by atoms with Gasteiger partial charge in [0.05, 0.1) is 13.2 Å². The zero-order valence-electron chi connectivity index (χ0n) is 9.03. The highest BCUT2D eigenvalue weighted by Crippen LogP contribution is 2.16. The third kappa shape index (κ3) is 3.04. The number of aliphatic hydroxyl groups is 1. The molecule has 1 aromatic carbocycles. The summed E-state index contributed by atoms with van der Waals surface area (Å²) in [6, 6.07) is 7.98. The molecule has 0 saturated heterocycles. The number of aliphatic hydroxyl groups excluding tert-OH is 1. The molecule has 0 saturated carbocycles. The Morgan fingerprint density at radius 3 is 2.21 bits per heavy atom. The Labute approximate surface area is 85.5 Å². The van der Waals surface area contributed by atoms with E-state index in [2.05, 4.69) is 6.92 Å². The lowest BCUT2D eigenvalue weighted by atomic mass is 9.97. The quantitative estimate of drug-likeness (QED) is 0.796. The van der Waals surface area contributed by atoms with Crippen molar-refractivity contribution in [1.29, 1.82) is 0 Å². The molecule has 2 nitrogen and oxygen atoms in total. The average Bonchev–Trinajstić information content (AvgIpc) is 2.19. The lowest BCUT2D eigenvalue weighted by molar-refractivity contribution is 0.135. The van der Waals surface area contributed by atoms with E-state index in [1.54, 1.807) is 7.11 Å². The molecule has 0 aromatic heterocycles. The molecule has 2 heteroatoms. The van der Waals surface area contributed by atoms with Gasteiger partial charge in [-0.05, 0) is 37.0 Å². The fourth-order valence-corrected chi connectivity index (χ4v) is 1.30. The summed E-state index contributed by atoms with van der Waals surface area (Å²) in [6.07, 6.45) is 0.652. The normalized spacial score (nSPS) is 14.9. The first kappa shape index (κ1) is 11.1. The van der Waals surface area contributed by atoms with E-state index in [1.807, 2.05) is 31.2 Å². The number of hydrogen-bond acceptors (Lipinski definition) is 2. The fourth-order valence-electron chi connectivity index (χ4n) is 1.30. The van der Waals surface area contributed by atoms with Crippen molar-refractivity contribution in [2.24, 2.45) is 5.92 Å². The van der Waals surface area contributed by atoms with Crippen LogP contribution < -0.4 is 4.74 Å². The van der Waals surface area contributed by atoms with E-state index in [-0.39, 0.29) is 6.10 Å². The van der Waals surface area contributed by atoms with Gasteiger partial charge >= 0.3 is 0 Å². The second-order valence-electron chi connectivity index (χ2n) is 3.77. The summed E-state index contributed by atoms with van der Waals surface area (Å²) in [5.74, 6) is 1.17. The zero-order chi connectivity index (χ0) is 10.6. The van der Waals surface area contributed by atoms with Crippen molar-refractivity contribution >= 4 is 0 Å². The monoisotopic (exact) mass is 194 g/mol. The minimum Gasteiger partial charge on any atom is -0.497 e. The van der Waals surface area contributed by atoms with Crippen molar-refractivity contribution in [3.63, 3.8) is 0 Å². The molecule has 1 N–H and O–H groups in total. The molecule has 0 aliphatic rings. The van der Waals surface area contributed by atoms with Crippen LogP contribution in [0.2, 0.25) is 0 Å². The van der Waals surface area contributed by atoms with Gasteiger partial charge in [-0.25, -0.2) is 0 Å². The van der Waals surface area contributed by atoms with Crippen LogP contribution in [0, 0.1) is 5.92 Å². The predicted molar refractivity (Wildman–Crippen MR) is 57.5 cm³/mol. The Balaban J connectivity index is 2.59. The first-order chi connectivity index (χ1) is 6.63. The number of ether oxygens (including phenoxy) is 1. The molecule has 0 spiro atoms. The molecule has 0 aliphatic heterocycles. The van der Waals surface area contributed by atoms with Crippen LogP contribution in [-0.2, 0) is 6.42 Å². The van der Waals surface area contributed by atoms with Crippen LogP contribution in [0.4, 0.5) is 0 Å². The van der Waals surface area contributed by atoms with Crippen LogP contribution in [0.1, 0.15) is 19.4 Å². The highest BCUT2D eigenvalue weighted by molar-refractivity contribution is 5.27. The lowest BCUT2D eigenvalue weighted by Crippen LogP contribution is -2.15. The van der Waals surface area contributed by atoms with Crippen molar-refractivity contribution in [2.75, 3.05) is 7.11 Å². The van der Waals surface area contributed by atoms with Gasteiger partial charge in [-0.2, -0.15) is 0 Å². The molecule has 0 aliphatic carbocycles. The van der Waals surface area contributed by atoms with Crippen LogP contribution in [0.3, 0.4) is 0 Å².